The van der Waals surface area contributed by atoms with Crippen LogP contribution in [0, 0.1) is 11.8 Å². The number of fused-ring (bicyclic) bond motifs is 3. The first kappa shape index (κ1) is 28.2. The van der Waals surface area contributed by atoms with Gasteiger partial charge < -0.3 is 35.8 Å². The lowest BCUT2D eigenvalue weighted by atomic mass is 9.57. The second-order valence-electron chi connectivity index (χ2n) is 11.2. The van der Waals surface area contributed by atoms with Crippen LogP contribution in [0.4, 0.5) is 5.69 Å². The van der Waals surface area contributed by atoms with Crippen LogP contribution >= 0.6 is 0 Å². The molecule has 0 heterocycles. The summed E-state index contributed by atoms with van der Waals surface area (Å²) < 4.78 is 5.33. The lowest BCUT2D eigenvalue weighted by Crippen LogP contribution is -2.65. The maximum absolute atomic E-state index is 14.1. The van der Waals surface area contributed by atoms with Crippen LogP contribution in [0.2, 0.25) is 0 Å². The third-order valence-electron chi connectivity index (χ3n) is 8.56. The predicted octanol–water partition coefficient (Wildman–Crippen LogP) is 1.71. The van der Waals surface area contributed by atoms with Gasteiger partial charge in [-0.25, -0.2) is 0 Å². The summed E-state index contributed by atoms with van der Waals surface area (Å²) in [6.45, 7) is 0. The SMILES string of the molecule is COc1cccc(-c2cc(N(C)C)c3c(c2O)C(O)=C2C(=O)[C@]4(O)C(O)=C(C(N)=O)C(=O)[C@H](N(C)C)[C@@H]4C[C@@H]2C3)c1. The Balaban J connectivity index is 1.77. The van der Waals surface area contributed by atoms with Gasteiger partial charge in [-0.3, -0.25) is 19.3 Å². The molecule has 3 aliphatic rings. The molecule has 0 aliphatic heterocycles. The summed E-state index contributed by atoms with van der Waals surface area (Å²) in [6, 6.07) is 7.67. The van der Waals surface area contributed by atoms with Gasteiger partial charge in [0.1, 0.15) is 28.6 Å². The Morgan fingerprint density at radius 2 is 1.78 bits per heavy atom. The Kier molecular flexibility index (Phi) is 6.62. The number of ketones is 2. The van der Waals surface area contributed by atoms with E-state index < -0.39 is 58.0 Å². The number of anilines is 1. The summed E-state index contributed by atoms with van der Waals surface area (Å²) in [5.41, 5.74) is 3.96. The Hall–Kier alpha value is -4.35. The molecule has 11 nitrogen and oxygen atoms in total. The standard InChI is InChI=1S/C30H33N3O8/c1-32(2)19-12-16(13-7-6-8-15(9-13)41-5)24(34)21-17(19)10-14-11-18-23(33(3)4)26(36)22(29(31)39)28(38)30(18,40)27(37)20(14)25(21)35/h6-9,12,14,18,23,34-35,38,40H,10-11H2,1-5H3,(H2,31,39)/t14-,18-,23+,30-/m0/s1. The molecule has 0 aromatic heterocycles. The van der Waals surface area contributed by atoms with E-state index in [2.05, 4.69) is 0 Å². The zero-order chi connectivity index (χ0) is 30.1. The molecule has 41 heavy (non-hydrogen) atoms. The monoisotopic (exact) mass is 563 g/mol. The van der Waals surface area contributed by atoms with Gasteiger partial charge in [-0.15, -0.1) is 0 Å². The summed E-state index contributed by atoms with van der Waals surface area (Å²) in [5.74, 6) is -6.26. The van der Waals surface area contributed by atoms with Crippen LogP contribution in [-0.2, 0) is 20.8 Å². The summed E-state index contributed by atoms with van der Waals surface area (Å²) in [4.78, 5) is 42.9. The molecule has 0 unspecified atom stereocenters. The number of carbonyl (C=O) groups excluding carboxylic acids is 3. The zero-order valence-corrected chi connectivity index (χ0v) is 23.4. The predicted molar refractivity (Wildman–Crippen MR) is 151 cm³/mol. The largest absolute Gasteiger partial charge is 0.508 e. The summed E-state index contributed by atoms with van der Waals surface area (Å²) in [7, 11) is 8.29. The number of nitrogens with zero attached hydrogens (tertiary/aromatic N) is 2. The van der Waals surface area contributed by atoms with Crippen molar-refractivity contribution in [3.63, 3.8) is 0 Å². The van der Waals surface area contributed by atoms with E-state index >= 15 is 0 Å². The minimum atomic E-state index is -2.69. The molecular formula is C30H33N3O8. The molecule has 5 rings (SSSR count). The number of methoxy groups -OCH3 is 1. The van der Waals surface area contributed by atoms with E-state index in [0.29, 0.717) is 28.1 Å². The van der Waals surface area contributed by atoms with Gasteiger partial charge in [-0.05, 0) is 62.2 Å². The number of Topliss-reactive ketones (excluding diaryl/α,β-unsaturated/α-hetero) is 2. The fraction of sp³-hybridized carbons (Fsp3) is 0.367. The lowest BCUT2D eigenvalue weighted by molar-refractivity contribution is -0.153. The molecule has 0 radical (unpaired) electrons. The first-order chi connectivity index (χ1) is 19.2. The van der Waals surface area contributed by atoms with Crippen LogP contribution in [0.15, 0.2) is 47.2 Å². The van der Waals surface area contributed by atoms with E-state index in [0.717, 1.165) is 0 Å². The Labute approximate surface area is 236 Å². The van der Waals surface area contributed by atoms with Gasteiger partial charge in [-0.2, -0.15) is 0 Å². The smallest absolute Gasteiger partial charge is 0.255 e. The van der Waals surface area contributed by atoms with Gasteiger partial charge in [0.2, 0.25) is 5.78 Å². The first-order valence-electron chi connectivity index (χ1n) is 13.1. The van der Waals surface area contributed by atoms with E-state index in [-0.39, 0.29) is 29.7 Å². The highest BCUT2D eigenvalue weighted by atomic mass is 16.5. The minimum absolute atomic E-state index is 0.0248. The zero-order valence-electron chi connectivity index (χ0n) is 23.4. The lowest BCUT2D eigenvalue weighted by Gasteiger charge is -2.50. The van der Waals surface area contributed by atoms with Crippen molar-refractivity contribution in [1.82, 2.24) is 4.90 Å². The molecule has 3 aliphatic carbocycles. The topological polar surface area (TPSA) is 174 Å². The van der Waals surface area contributed by atoms with Gasteiger partial charge >= 0.3 is 0 Å². The van der Waals surface area contributed by atoms with E-state index in [9.17, 15) is 34.8 Å². The van der Waals surface area contributed by atoms with Crippen LogP contribution in [0.5, 0.6) is 11.5 Å². The molecule has 216 valence electrons. The average Bonchev–Trinajstić information content (AvgIpc) is 2.90. The second-order valence-corrected chi connectivity index (χ2v) is 11.2. The van der Waals surface area contributed by atoms with E-state index in [4.69, 9.17) is 10.5 Å². The van der Waals surface area contributed by atoms with Crippen molar-refractivity contribution in [3.05, 3.63) is 58.4 Å². The van der Waals surface area contributed by atoms with Crippen molar-refractivity contribution in [2.45, 2.75) is 24.5 Å². The molecule has 6 N–H and O–H groups in total. The van der Waals surface area contributed by atoms with E-state index in [1.54, 1.807) is 44.4 Å². The molecule has 11 heteroatoms. The van der Waals surface area contributed by atoms with Crippen molar-refractivity contribution in [2.24, 2.45) is 17.6 Å². The highest BCUT2D eigenvalue weighted by Crippen LogP contribution is 2.55. The van der Waals surface area contributed by atoms with Gasteiger partial charge in [0.15, 0.2) is 11.4 Å². The number of rotatable bonds is 5. The number of amides is 1. The highest BCUT2D eigenvalue weighted by Gasteiger charge is 2.64. The van der Waals surface area contributed by atoms with Crippen molar-refractivity contribution in [3.8, 4) is 22.6 Å². The number of phenols is 1. The number of hydrogen-bond donors (Lipinski definition) is 5. The molecule has 0 bridgehead atoms. The maximum atomic E-state index is 14.1. The summed E-state index contributed by atoms with van der Waals surface area (Å²) in [6.07, 6.45) is 0.227. The van der Waals surface area contributed by atoms with Gasteiger partial charge in [0.05, 0.1) is 18.7 Å². The van der Waals surface area contributed by atoms with Crippen molar-refractivity contribution >= 4 is 28.9 Å². The third-order valence-corrected chi connectivity index (χ3v) is 8.56. The Morgan fingerprint density at radius 3 is 2.37 bits per heavy atom. The number of aromatic hydroxyl groups is 1. The number of primary amides is 1. The summed E-state index contributed by atoms with van der Waals surface area (Å²) in [5, 5.41) is 46.0. The summed E-state index contributed by atoms with van der Waals surface area (Å²) >= 11 is 0. The number of ether oxygens (including phenoxy) is 1. The van der Waals surface area contributed by atoms with Crippen LogP contribution in [0.3, 0.4) is 0 Å². The van der Waals surface area contributed by atoms with Crippen LogP contribution in [0.25, 0.3) is 16.9 Å². The minimum Gasteiger partial charge on any atom is -0.508 e. The fourth-order valence-corrected chi connectivity index (χ4v) is 6.70. The molecule has 0 spiro atoms. The van der Waals surface area contributed by atoms with Crippen molar-refractivity contribution in [1.29, 1.82) is 0 Å². The first-order valence-corrected chi connectivity index (χ1v) is 13.1. The molecule has 4 atom stereocenters. The molecule has 2 aromatic rings. The van der Waals surface area contributed by atoms with Gasteiger partial charge in [0, 0.05) is 36.8 Å². The maximum Gasteiger partial charge on any atom is 0.255 e. The number of nitrogens with two attached hydrogens (primary N) is 1. The molecule has 1 saturated carbocycles. The second kappa shape index (κ2) is 9.64. The molecule has 2 aromatic carbocycles. The number of carbonyl (C=O) groups is 3. The van der Waals surface area contributed by atoms with Gasteiger partial charge in [0.25, 0.3) is 5.91 Å². The number of benzene rings is 2. The number of likely N-dealkylation sites (N-methyl/N-ethyl adjacent to an activating group) is 1. The highest BCUT2D eigenvalue weighted by molar-refractivity contribution is 6.24. The average molecular weight is 564 g/mol. The van der Waals surface area contributed by atoms with E-state index in [1.807, 2.05) is 19.0 Å². The number of aliphatic hydroxyl groups is 3. The van der Waals surface area contributed by atoms with Crippen LogP contribution < -0.4 is 15.4 Å². The van der Waals surface area contributed by atoms with Crippen molar-refractivity contribution in [2.75, 3.05) is 40.2 Å². The molecule has 1 fully saturated rings. The fourth-order valence-electron chi connectivity index (χ4n) is 6.70. The van der Waals surface area contributed by atoms with Crippen molar-refractivity contribution < 1.29 is 39.5 Å². The van der Waals surface area contributed by atoms with Gasteiger partial charge in [-0.1, -0.05) is 12.1 Å². The number of hydrogen-bond acceptors (Lipinski definition) is 10. The number of phenolic OH excluding ortho intramolecular Hbond substituents is 1. The van der Waals surface area contributed by atoms with Crippen LogP contribution in [0.1, 0.15) is 17.5 Å². The quantitative estimate of drug-likeness (QED) is 0.337. The Morgan fingerprint density at radius 1 is 1.10 bits per heavy atom. The molecular weight excluding hydrogens is 530 g/mol. The third kappa shape index (κ3) is 3.91. The van der Waals surface area contributed by atoms with Crippen LogP contribution in [-0.4, -0.2) is 89.7 Å². The number of aliphatic hydroxyl groups excluding tert-OH is 2. The normalized spacial score (nSPS) is 25.6. The Bertz CT molecular complexity index is 1570. The molecule has 1 amide bonds. The van der Waals surface area contributed by atoms with E-state index in [1.165, 1.54) is 12.0 Å². The molecule has 0 saturated heterocycles.